The Balaban J connectivity index is 2.36. The van der Waals surface area contributed by atoms with Crippen molar-refractivity contribution in [1.29, 1.82) is 0 Å². The molecule has 0 saturated heterocycles. The second kappa shape index (κ2) is 5.44. The lowest BCUT2D eigenvalue weighted by atomic mass is 10.2. The van der Waals surface area contributed by atoms with E-state index in [1.165, 1.54) is 0 Å². The quantitative estimate of drug-likeness (QED) is 0.852. The van der Waals surface area contributed by atoms with Crippen molar-refractivity contribution >= 4 is 43.2 Å². The molecule has 5 nitrogen and oxygen atoms in total. The van der Waals surface area contributed by atoms with Crippen molar-refractivity contribution in [2.45, 2.75) is 11.8 Å². The van der Waals surface area contributed by atoms with Crippen molar-refractivity contribution in [1.82, 2.24) is 9.97 Å². The van der Waals surface area contributed by atoms with Crippen LogP contribution in [-0.4, -0.2) is 18.4 Å². The summed E-state index contributed by atoms with van der Waals surface area (Å²) in [5.41, 5.74) is 1.39. The summed E-state index contributed by atoms with van der Waals surface area (Å²) < 4.78 is 27.4. The van der Waals surface area contributed by atoms with Crippen LogP contribution in [0.5, 0.6) is 0 Å². The van der Waals surface area contributed by atoms with Gasteiger partial charge >= 0.3 is 0 Å². The van der Waals surface area contributed by atoms with Gasteiger partial charge in [0.15, 0.2) is 0 Å². The highest BCUT2D eigenvalue weighted by molar-refractivity contribution is 9.10. The summed E-state index contributed by atoms with van der Waals surface area (Å²) in [4.78, 5) is 7.25. The summed E-state index contributed by atoms with van der Waals surface area (Å²) in [5, 5.41) is -0.00399. The molecule has 0 bridgehead atoms. The number of hydrogen-bond acceptors (Lipinski definition) is 4. The Kier molecular flexibility index (Phi) is 4.07. The Morgan fingerprint density at radius 2 is 1.89 bits per heavy atom. The summed E-state index contributed by atoms with van der Waals surface area (Å²) in [6, 6.07) is 5.36. The van der Waals surface area contributed by atoms with Crippen molar-refractivity contribution in [3.63, 3.8) is 0 Å². The van der Waals surface area contributed by atoms with E-state index in [4.69, 9.17) is 11.6 Å². The monoisotopic (exact) mass is 361 g/mol. The number of aryl methyl sites for hydroxylation is 1. The molecule has 1 heterocycles. The van der Waals surface area contributed by atoms with Crippen LogP contribution in [0.4, 0.5) is 5.69 Å². The van der Waals surface area contributed by atoms with Crippen LogP contribution in [0.2, 0.25) is 5.28 Å². The average Bonchev–Trinajstić information content (AvgIpc) is 2.34. The first kappa shape index (κ1) is 14.2. The van der Waals surface area contributed by atoms with Crippen molar-refractivity contribution in [2.24, 2.45) is 0 Å². The zero-order chi connectivity index (χ0) is 14.0. The topological polar surface area (TPSA) is 72.0 Å². The first-order valence-corrected chi connectivity index (χ1v) is 7.80. The third-order valence-electron chi connectivity index (χ3n) is 2.27. The van der Waals surface area contributed by atoms with Gasteiger partial charge in [0, 0.05) is 4.47 Å². The molecular weight excluding hydrogens is 354 g/mol. The van der Waals surface area contributed by atoms with Crippen LogP contribution < -0.4 is 4.72 Å². The number of halogens is 2. The van der Waals surface area contributed by atoms with Crippen molar-refractivity contribution < 1.29 is 8.42 Å². The minimum Gasteiger partial charge on any atom is -0.278 e. The predicted molar refractivity (Wildman–Crippen MR) is 76.7 cm³/mol. The van der Waals surface area contributed by atoms with Gasteiger partial charge in [0.2, 0.25) is 5.28 Å². The van der Waals surface area contributed by atoms with Crippen LogP contribution in [0, 0.1) is 6.92 Å². The molecule has 1 N–H and O–H groups in total. The molecule has 1 aromatic heterocycles. The molecule has 2 rings (SSSR count). The number of anilines is 1. The zero-order valence-electron chi connectivity index (χ0n) is 9.76. The van der Waals surface area contributed by atoms with E-state index >= 15 is 0 Å². The maximum absolute atomic E-state index is 12.1. The lowest BCUT2D eigenvalue weighted by Gasteiger charge is -2.10. The molecule has 1 aromatic carbocycles. The maximum atomic E-state index is 12.1. The fraction of sp³-hybridized carbons (Fsp3) is 0.0909. The smallest absolute Gasteiger partial charge is 0.265 e. The molecule has 2 aromatic rings. The number of nitrogens with zero attached hydrogens (tertiary/aromatic N) is 2. The van der Waals surface area contributed by atoms with E-state index in [-0.39, 0.29) is 10.2 Å². The molecule has 0 amide bonds. The van der Waals surface area contributed by atoms with Crippen molar-refractivity contribution in [3.05, 3.63) is 45.9 Å². The third kappa shape index (κ3) is 3.43. The molecule has 0 atom stereocenters. The number of benzene rings is 1. The van der Waals surface area contributed by atoms with E-state index in [2.05, 4.69) is 30.6 Å². The van der Waals surface area contributed by atoms with Crippen LogP contribution >= 0.6 is 27.5 Å². The van der Waals surface area contributed by atoms with Crippen LogP contribution in [0.3, 0.4) is 0 Å². The van der Waals surface area contributed by atoms with Crippen molar-refractivity contribution in [3.8, 4) is 0 Å². The van der Waals surface area contributed by atoms with Gasteiger partial charge in [-0.2, -0.15) is 0 Å². The molecule has 19 heavy (non-hydrogen) atoms. The number of aromatic nitrogens is 2. The summed E-state index contributed by atoms with van der Waals surface area (Å²) in [7, 11) is -3.73. The van der Waals surface area contributed by atoms with Crippen LogP contribution in [-0.2, 0) is 10.0 Å². The largest absolute Gasteiger partial charge is 0.278 e. The van der Waals surface area contributed by atoms with Gasteiger partial charge < -0.3 is 0 Å². The molecule has 0 aliphatic heterocycles. The van der Waals surface area contributed by atoms with Gasteiger partial charge in [0.05, 0.1) is 18.1 Å². The molecule has 0 aliphatic carbocycles. The molecule has 0 aliphatic rings. The number of nitrogens with one attached hydrogen (secondary N) is 1. The van der Waals surface area contributed by atoms with Crippen LogP contribution in [0.15, 0.2) is 40.0 Å². The molecule has 0 radical (unpaired) electrons. The lowest BCUT2D eigenvalue weighted by molar-refractivity contribution is 0.600. The molecule has 0 unspecified atom stereocenters. The average molecular weight is 363 g/mol. The Morgan fingerprint density at radius 1 is 1.26 bits per heavy atom. The Morgan fingerprint density at radius 3 is 2.53 bits per heavy atom. The summed E-state index contributed by atoms with van der Waals surface area (Å²) in [6.45, 7) is 1.87. The van der Waals surface area contributed by atoms with Crippen LogP contribution in [0.25, 0.3) is 0 Å². The second-order valence-corrected chi connectivity index (χ2v) is 6.65. The Bertz CT molecular complexity index is 704. The van der Waals surface area contributed by atoms with E-state index in [0.29, 0.717) is 10.2 Å². The fourth-order valence-electron chi connectivity index (χ4n) is 1.36. The summed E-state index contributed by atoms with van der Waals surface area (Å²) in [6.07, 6.45) is 2.31. The van der Waals surface area contributed by atoms with Crippen molar-refractivity contribution in [2.75, 3.05) is 4.72 Å². The number of rotatable bonds is 3. The minimum atomic E-state index is -3.73. The fourth-order valence-corrected chi connectivity index (χ4v) is 2.89. The highest BCUT2D eigenvalue weighted by Crippen LogP contribution is 2.25. The molecule has 0 fully saturated rings. The highest BCUT2D eigenvalue weighted by Gasteiger charge is 2.16. The van der Waals surface area contributed by atoms with E-state index in [1.807, 2.05) is 13.0 Å². The van der Waals surface area contributed by atoms with E-state index in [1.54, 1.807) is 12.1 Å². The molecular formula is C11H9BrClN3O2S. The normalized spacial score (nSPS) is 11.3. The number of sulfonamides is 1. The maximum Gasteiger partial charge on any atom is 0.265 e. The molecule has 8 heteroatoms. The first-order valence-electron chi connectivity index (χ1n) is 5.15. The third-order valence-corrected chi connectivity index (χ3v) is 4.48. The van der Waals surface area contributed by atoms with E-state index < -0.39 is 10.0 Å². The minimum absolute atomic E-state index is 0.00399. The summed E-state index contributed by atoms with van der Waals surface area (Å²) in [5.74, 6) is 0. The van der Waals surface area contributed by atoms with Gasteiger partial charge in [-0.1, -0.05) is 6.07 Å². The SMILES string of the molecule is Cc1ccc(Br)c(NS(=O)(=O)c2cnc(Cl)nc2)c1. The second-order valence-electron chi connectivity index (χ2n) is 3.78. The van der Waals surface area contributed by atoms with E-state index in [9.17, 15) is 8.42 Å². The lowest BCUT2D eigenvalue weighted by Crippen LogP contribution is -2.14. The molecule has 100 valence electrons. The van der Waals surface area contributed by atoms with Crippen LogP contribution in [0.1, 0.15) is 5.56 Å². The van der Waals surface area contributed by atoms with Gasteiger partial charge in [-0.05, 0) is 52.2 Å². The van der Waals surface area contributed by atoms with Gasteiger partial charge in [-0.3, -0.25) is 4.72 Å². The Labute approximate surface area is 124 Å². The standard InChI is InChI=1S/C11H9BrClN3O2S/c1-7-2-3-9(12)10(4-7)16-19(17,18)8-5-14-11(13)15-6-8/h2-6,16H,1H3. The molecule has 0 saturated carbocycles. The Hall–Kier alpha value is -1.18. The van der Waals surface area contributed by atoms with Gasteiger partial charge in [-0.25, -0.2) is 18.4 Å². The van der Waals surface area contributed by atoms with Gasteiger partial charge in [0.25, 0.3) is 10.0 Å². The van der Waals surface area contributed by atoms with E-state index in [0.717, 1.165) is 18.0 Å². The number of hydrogen-bond donors (Lipinski definition) is 1. The highest BCUT2D eigenvalue weighted by atomic mass is 79.9. The zero-order valence-corrected chi connectivity index (χ0v) is 12.9. The van der Waals surface area contributed by atoms with Gasteiger partial charge in [-0.15, -0.1) is 0 Å². The van der Waals surface area contributed by atoms with Gasteiger partial charge in [0.1, 0.15) is 4.90 Å². The summed E-state index contributed by atoms with van der Waals surface area (Å²) >= 11 is 8.81. The first-order chi connectivity index (χ1) is 8.88. The molecule has 0 spiro atoms. The predicted octanol–water partition coefficient (Wildman–Crippen LogP) is 3.00.